The van der Waals surface area contributed by atoms with Crippen molar-refractivity contribution in [3.05, 3.63) is 23.8 Å². The van der Waals surface area contributed by atoms with Crippen molar-refractivity contribution < 1.29 is 14.3 Å². The SMILES string of the molecule is NC1CCC(C(=O)NCc2cccc3c2OCO3)CC1. The van der Waals surface area contributed by atoms with Gasteiger partial charge in [-0.25, -0.2) is 0 Å². The van der Waals surface area contributed by atoms with E-state index in [0.29, 0.717) is 6.54 Å². The lowest BCUT2D eigenvalue weighted by molar-refractivity contribution is -0.126. The van der Waals surface area contributed by atoms with E-state index < -0.39 is 0 Å². The van der Waals surface area contributed by atoms with Crippen molar-refractivity contribution in [2.45, 2.75) is 38.3 Å². The molecule has 3 N–H and O–H groups in total. The van der Waals surface area contributed by atoms with Gasteiger partial charge in [-0.1, -0.05) is 12.1 Å². The molecule has 0 atom stereocenters. The number of carbonyl (C=O) groups excluding carboxylic acids is 1. The molecule has 1 aromatic rings. The quantitative estimate of drug-likeness (QED) is 0.878. The van der Waals surface area contributed by atoms with Gasteiger partial charge in [-0.15, -0.1) is 0 Å². The van der Waals surface area contributed by atoms with Crippen LogP contribution in [0.15, 0.2) is 18.2 Å². The van der Waals surface area contributed by atoms with Crippen LogP contribution in [0.1, 0.15) is 31.2 Å². The Hall–Kier alpha value is -1.75. The van der Waals surface area contributed by atoms with Gasteiger partial charge >= 0.3 is 0 Å². The number of hydrogen-bond donors (Lipinski definition) is 2. The van der Waals surface area contributed by atoms with Crippen molar-refractivity contribution in [2.24, 2.45) is 11.7 Å². The van der Waals surface area contributed by atoms with Crippen LogP contribution in [-0.4, -0.2) is 18.7 Å². The summed E-state index contributed by atoms with van der Waals surface area (Å²) in [7, 11) is 0. The molecule has 1 heterocycles. The third kappa shape index (κ3) is 2.72. The molecule has 0 saturated heterocycles. The first-order chi connectivity index (χ1) is 9.74. The minimum Gasteiger partial charge on any atom is -0.454 e. The summed E-state index contributed by atoms with van der Waals surface area (Å²) >= 11 is 0. The molecule has 1 aliphatic carbocycles. The van der Waals surface area contributed by atoms with Crippen LogP contribution in [0.2, 0.25) is 0 Å². The molecule has 108 valence electrons. The molecule has 5 nitrogen and oxygen atoms in total. The van der Waals surface area contributed by atoms with Crippen molar-refractivity contribution in [3.8, 4) is 11.5 Å². The van der Waals surface area contributed by atoms with Gasteiger partial charge in [0.15, 0.2) is 11.5 Å². The number of ether oxygens (including phenoxy) is 2. The fourth-order valence-electron chi connectivity index (χ4n) is 2.84. The van der Waals surface area contributed by atoms with E-state index in [0.717, 1.165) is 42.7 Å². The number of para-hydroxylation sites is 1. The molecule has 0 spiro atoms. The highest BCUT2D eigenvalue weighted by atomic mass is 16.7. The van der Waals surface area contributed by atoms with Crippen LogP contribution in [0.4, 0.5) is 0 Å². The second-order valence-corrected chi connectivity index (χ2v) is 5.48. The number of benzene rings is 1. The summed E-state index contributed by atoms with van der Waals surface area (Å²) in [4.78, 5) is 12.2. The molecule has 1 aliphatic heterocycles. The lowest BCUT2D eigenvalue weighted by Gasteiger charge is -2.25. The van der Waals surface area contributed by atoms with E-state index in [-0.39, 0.29) is 24.7 Å². The third-order valence-electron chi connectivity index (χ3n) is 4.07. The highest BCUT2D eigenvalue weighted by Gasteiger charge is 2.25. The number of fused-ring (bicyclic) bond motifs is 1. The average molecular weight is 276 g/mol. The van der Waals surface area contributed by atoms with Crippen molar-refractivity contribution in [2.75, 3.05) is 6.79 Å². The van der Waals surface area contributed by atoms with Gasteiger partial charge in [-0.3, -0.25) is 4.79 Å². The molecule has 1 saturated carbocycles. The van der Waals surface area contributed by atoms with Crippen LogP contribution < -0.4 is 20.5 Å². The number of carbonyl (C=O) groups is 1. The Morgan fingerprint density at radius 3 is 2.85 bits per heavy atom. The highest BCUT2D eigenvalue weighted by molar-refractivity contribution is 5.78. The molecule has 0 unspecified atom stereocenters. The van der Waals surface area contributed by atoms with E-state index in [9.17, 15) is 4.79 Å². The fraction of sp³-hybridized carbons (Fsp3) is 0.533. The third-order valence-corrected chi connectivity index (χ3v) is 4.07. The maximum absolute atomic E-state index is 12.2. The molecule has 2 aliphatic rings. The second-order valence-electron chi connectivity index (χ2n) is 5.48. The van der Waals surface area contributed by atoms with Gasteiger partial charge in [0.2, 0.25) is 12.7 Å². The first-order valence-electron chi connectivity index (χ1n) is 7.15. The van der Waals surface area contributed by atoms with Gasteiger partial charge in [0.05, 0.1) is 0 Å². The minimum atomic E-state index is 0.101. The predicted octanol–water partition coefficient (Wildman–Crippen LogP) is 1.55. The van der Waals surface area contributed by atoms with E-state index in [2.05, 4.69) is 5.32 Å². The lowest BCUT2D eigenvalue weighted by Crippen LogP contribution is -2.35. The molecule has 0 bridgehead atoms. The maximum Gasteiger partial charge on any atom is 0.231 e. The smallest absolute Gasteiger partial charge is 0.231 e. The van der Waals surface area contributed by atoms with Crippen LogP contribution >= 0.6 is 0 Å². The molecule has 1 fully saturated rings. The Kier molecular flexibility index (Phi) is 3.78. The van der Waals surface area contributed by atoms with Crippen molar-refractivity contribution in [1.82, 2.24) is 5.32 Å². The van der Waals surface area contributed by atoms with Crippen LogP contribution in [0.25, 0.3) is 0 Å². The van der Waals surface area contributed by atoms with Crippen LogP contribution in [0.5, 0.6) is 11.5 Å². The van der Waals surface area contributed by atoms with Gasteiger partial charge < -0.3 is 20.5 Å². The Balaban J connectivity index is 1.57. The highest BCUT2D eigenvalue weighted by Crippen LogP contribution is 2.35. The number of hydrogen-bond acceptors (Lipinski definition) is 4. The lowest BCUT2D eigenvalue weighted by atomic mass is 9.86. The Morgan fingerprint density at radius 1 is 1.25 bits per heavy atom. The summed E-state index contributed by atoms with van der Waals surface area (Å²) in [5, 5.41) is 3.00. The standard InChI is InChI=1S/C15H20N2O3/c16-12-6-4-10(5-7-12)15(18)17-8-11-2-1-3-13-14(11)20-9-19-13/h1-3,10,12H,4-9,16H2,(H,17,18). The summed E-state index contributed by atoms with van der Waals surface area (Å²) in [5.41, 5.74) is 6.82. The van der Waals surface area contributed by atoms with Crippen LogP contribution in [0.3, 0.4) is 0 Å². The summed E-state index contributed by atoms with van der Waals surface area (Å²) in [6.07, 6.45) is 3.66. The molecule has 1 amide bonds. The van der Waals surface area contributed by atoms with E-state index in [1.165, 1.54) is 0 Å². The summed E-state index contributed by atoms with van der Waals surface area (Å²) in [6.45, 7) is 0.731. The van der Waals surface area contributed by atoms with Crippen molar-refractivity contribution >= 4 is 5.91 Å². The number of amides is 1. The first kappa shape index (κ1) is 13.2. The number of nitrogens with one attached hydrogen (secondary N) is 1. The summed E-state index contributed by atoms with van der Waals surface area (Å²) < 4.78 is 10.8. The van der Waals surface area contributed by atoms with Crippen LogP contribution in [0, 0.1) is 5.92 Å². The number of nitrogens with two attached hydrogens (primary N) is 1. The van der Waals surface area contributed by atoms with E-state index in [4.69, 9.17) is 15.2 Å². The predicted molar refractivity (Wildman–Crippen MR) is 74.3 cm³/mol. The van der Waals surface area contributed by atoms with Gasteiger partial charge in [-0.05, 0) is 31.7 Å². The minimum absolute atomic E-state index is 0.101. The summed E-state index contributed by atoms with van der Waals surface area (Å²) in [5.74, 6) is 1.72. The van der Waals surface area contributed by atoms with Gasteiger partial charge in [0, 0.05) is 24.1 Å². The molecular weight excluding hydrogens is 256 g/mol. The van der Waals surface area contributed by atoms with Crippen molar-refractivity contribution in [3.63, 3.8) is 0 Å². The number of rotatable bonds is 3. The largest absolute Gasteiger partial charge is 0.454 e. The molecule has 3 rings (SSSR count). The zero-order valence-electron chi connectivity index (χ0n) is 11.4. The van der Waals surface area contributed by atoms with E-state index in [1.54, 1.807) is 0 Å². The molecule has 0 radical (unpaired) electrons. The molecular formula is C15H20N2O3. The summed E-state index contributed by atoms with van der Waals surface area (Å²) in [6, 6.07) is 6.00. The molecule has 1 aromatic carbocycles. The molecule has 5 heteroatoms. The monoisotopic (exact) mass is 276 g/mol. The molecule has 0 aromatic heterocycles. The van der Waals surface area contributed by atoms with Crippen LogP contribution in [-0.2, 0) is 11.3 Å². The van der Waals surface area contributed by atoms with E-state index in [1.807, 2.05) is 18.2 Å². The Bertz CT molecular complexity index is 496. The zero-order chi connectivity index (χ0) is 13.9. The zero-order valence-corrected chi connectivity index (χ0v) is 11.4. The first-order valence-corrected chi connectivity index (χ1v) is 7.15. The van der Waals surface area contributed by atoms with Crippen molar-refractivity contribution in [1.29, 1.82) is 0 Å². The Morgan fingerprint density at radius 2 is 2.05 bits per heavy atom. The fourth-order valence-corrected chi connectivity index (χ4v) is 2.84. The van der Waals surface area contributed by atoms with Gasteiger partial charge in [-0.2, -0.15) is 0 Å². The van der Waals surface area contributed by atoms with E-state index >= 15 is 0 Å². The molecule has 20 heavy (non-hydrogen) atoms. The second kappa shape index (κ2) is 5.71. The average Bonchev–Trinajstić information content (AvgIpc) is 2.94. The van der Waals surface area contributed by atoms with Gasteiger partial charge in [0.1, 0.15) is 0 Å². The maximum atomic E-state index is 12.2. The topological polar surface area (TPSA) is 73.6 Å². The Labute approximate surface area is 118 Å². The normalized spacial score (nSPS) is 24.4. The van der Waals surface area contributed by atoms with Gasteiger partial charge in [0.25, 0.3) is 0 Å².